The van der Waals surface area contributed by atoms with E-state index in [2.05, 4.69) is 5.32 Å². The molecule has 0 spiro atoms. The van der Waals surface area contributed by atoms with E-state index in [1.54, 1.807) is 39.0 Å². The van der Waals surface area contributed by atoms with Crippen LogP contribution < -0.4 is 15.7 Å². The van der Waals surface area contributed by atoms with Gasteiger partial charge >= 0.3 is 11.6 Å². The number of esters is 1. The van der Waals surface area contributed by atoms with Gasteiger partial charge in [0.15, 0.2) is 6.10 Å². The lowest BCUT2D eigenvalue weighted by Crippen LogP contribution is -2.48. The second-order valence-electron chi connectivity index (χ2n) is 7.90. The lowest BCUT2D eigenvalue weighted by molar-refractivity contribution is -0.152. The van der Waals surface area contributed by atoms with Crippen molar-refractivity contribution < 1.29 is 23.5 Å². The highest BCUT2D eigenvalue weighted by Gasteiger charge is 2.26. The fourth-order valence-corrected chi connectivity index (χ4v) is 3.28. The average Bonchev–Trinajstić information content (AvgIpc) is 2.73. The first kappa shape index (κ1) is 23.1. The number of fused-ring (bicyclic) bond motifs is 1. The molecule has 0 fully saturated rings. The molecule has 1 N–H and O–H groups in total. The lowest BCUT2D eigenvalue weighted by atomic mass is 10.1. The van der Waals surface area contributed by atoms with Gasteiger partial charge in [0.05, 0.1) is 6.10 Å². The largest absolute Gasteiger partial charge is 0.481 e. The van der Waals surface area contributed by atoms with Gasteiger partial charge in [0.2, 0.25) is 0 Å². The molecule has 3 aromatic rings. The molecule has 0 unspecified atom stereocenters. The zero-order valence-corrected chi connectivity index (χ0v) is 18.6. The summed E-state index contributed by atoms with van der Waals surface area (Å²) in [5.74, 6) is -0.594. The van der Waals surface area contributed by atoms with E-state index in [4.69, 9.17) is 13.9 Å². The number of hydrogen-bond donors (Lipinski definition) is 1. The number of rotatable bonds is 8. The molecule has 7 nitrogen and oxygen atoms in total. The third-order valence-corrected chi connectivity index (χ3v) is 4.84. The van der Waals surface area contributed by atoms with Crippen molar-refractivity contribution in [3.05, 3.63) is 76.1 Å². The van der Waals surface area contributed by atoms with Crippen LogP contribution in [0.5, 0.6) is 5.75 Å². The van der Waals surface area contributed by atoms with Crippen LogP contribution in [0, 0.1) is 6.92 Å². The number of amides is 1. The number of nitrogens with one attached hydrogen (secondary N) is 1. The molecule has 0 aliphatic heterocycles. The van der Waals surface area contributed by atoms with E-state index in [0.29, 0.717) is 17.8 Å². The van der Waals surface area contributed by atoms with Gasteiger partial charge in [-0.05, 0) is 51.0 Å². The van der Waals surface area contributed by atoms with Gasteiger partial charge in [-0.1, -0.05) is 30.3 Å². The Hall–Kier alpha value is -3.61. The first-order chi connectivity index (χ1) is 15.2. The lowest BCUT2D eigenvalue weighted by Gasteiger charge is -2.22. The number of carbonyl (C=O) groups is 2. The van der Waals surface area contributed by atoms with Crippen molar-refractivity contribution in [3.63, 3.8) is 0 Å². The van der Waals surface area contributed by atoms with Crippen molar-refractivity contribution in [1.82, 2.24) is 5.32 Å². The number of benzene rings is 2. The zero-order valence-electron chi connectivity index (χ0n) is 18.6. The maximum Gasteiger partial charge on any atom is 0.336 e. The van der Waals surface area contributed by atoms with E-state index < -0.39 is 29.6 Å². The van der Waals surface area contributed by atoms with Gasteiger partial charge < -0.3 is 19.2 Å². The van der Waals surface area contributed by atoms with E-state index in [0.717, 1.165) is 16.5 Å². The van der Waals surface area contributed by atoms with Gasteiger partial charge in [-0.15, -0.1) is 0 Å². The second kappa shape index (κ2) is 10.1. The van der Waals surface area contributed by atoms with Gasteiger partial charge in [-0.3, -0.25) is 4.79 Å². The Morgan fingerprint density at radius 2 is 1.75 bits per heavy atom. The highest BCUT2D eigenvalue weighted by Crippen LogP contribution is 2.23. The van der Waals surface area contributed by atoms with E-state index in [1.807, 2.05) is 37.3 Å². The third kappa shape index (κ3) is 5.97. The molecule has 32 heavy (non-hydrogen) atoms. The minimum Gasteiger partial charge on any atom is -0.481 e. The van der Waals surface area contributed by atoms with Crippen LogP contribution >= 0.6 is 0 Å². The van der Waals surface area contributed by atoms with Crippen molar-refractivity contribution in [2.45, 2.75) is 52.4 Å². The number of ether oxygens (including phenoxy) is 2. The van der Waals surface area contributed by atoms with Crippen molar-refractivity contribution in [3.8, 4) is 5.75 Å². The number of hydrogen-bond acceptors (Lipinski definition) is 6. The molecule has 168 valence electrons. The minimum absolute atomic E-state index is 0.297. The Kier molecular flexibility index (Phi) is 7.30. The Balaban J connectivity index is 1.73. The van der Waals surface area contributed by atoms with Crippen LogP contribution in [-0.2, 0) is 20.7 Å². The summed E-state index contributed by atoms with van der Waals surface area (Å²) in [5.41, 5.74) is 1.61. The predicted molar refractivity (Wildman–Crippen MR) is 121 cm³/mol. The Morgan fingerprint density at radius 3 is 2.44 bits per heavy atom. The van der Waals surface area contributed by atoms with Gasteiger partial charge in [0.25, 0.3) is 5.91 Å². The number of aryl methyl sites for hydroxylation is 1. The van der Waals surface area contributed by atoms with Gasteiger partial charge in [0.1, 0.15) is 17.4 Å². The van der Waals surface area contributed by atoms with Crippen LogP contribution in [0.15, 0.2) is 63.8 Å². The normalized spacial score (nSPS) is 12.9. The van der Waals surface area contributed by atoms with E-state index >= 15 is 0 Å². The smallest absolute Gasteiger partial charge is 0.336 e. The van der Waals surface area contributed by atoms with Gasteiger partial charge in [0, 0.05) is 23.9 Å². The maximum atomic E-state index is 12.8. The summed E-state index contributed by atoms with van der Waals surface area (Å²) in [5, 5.41) is 3.52. The highest BCUT2D eigenvalue weighted by molar-refractivity contribution is 5.87. The van der Waals surface area contributed by atoms with Crippen LogP contribution in [0.25, 0.3) is 11.0 Å². The van der Waals surface area contributed by atoms with Crippen molar-refractivity contribution >= 4 is 22.8 Å². The molecule has 0 radical (unpaired) electrons. The highest BCUT2D eigenvalue weighted by atomic mass is 16.5. The van der Waals surface area contributed by atoms with Crippen LogP contribution in [0.4, 0.5) is 0 Å². The first-order valence-electron chi connectivity index (χ1n) is 10.5. The molecule has 7 heteroatoms. The summed E-state index contributed by atoms with van der Waals surface area (Å²) in [6, 6.07) is 15.0. The number of carbonyl (C=O) groups excluding carboxylic acids is 2. The fraction of sp³-hybridized carbons (Fsp3) is 0.320. The molecule has 1 heterocycles. The molecule has 0 bridgehead atoms. The zero-order chi connectivity index (χ0) is 23.3. The first-order valence-corrected chi connectivity index (χ1v) is 10.5. The molecule has 0 saturated carbocycles. The fourth-order valence-electron chi connectivity index (χ4n) is 3.28. The summed E-state index contributed by atoms with van der Waals surface area (Å²) >= 11 is 0. The molecule has 1 aromatic heterocycles. The van der Waals surface area contributed by atoms with Crippen LogP contribution in [0.1, 0.15) is 31.9 Å². The molecule has 0 aliphatic carbocycles. The average molecular weight is 437 g/mol. The topological polar surface area (TPSA) is 94.8 Å². The van der Waals surface area contributed by atoms with Crippen LogP contribution in [0.2, 0.25) is 0 Å². The Morgan fingerprint density at radius 1 is 1.03 bits per heavy atom. The van der Waals surface area contributed by atoms with E-state index in [1.165, 1.54) is 6.07 Å². The summed E-state index contributed by atoms with van der Waals surface area (Å²) in [6.07, 6.45) is -0.901. The molecular formula is C25H27NO6. The maximum absolute atomic E-state index is 12.8. The Bertz CT molecular complexity index is 1150. The standard InChI is InChI=1S/C25H27NO6/c1-15(2)30-25(29)21(13-18-8-6-5-7-9-18)26-24(28)17(4)31-19-10-11-20-16(3)12-23(27)32-22(20)14-19/h5-12,14-15,17,21H,13H2,1-4H3,(H,26,28)/t17-,21-/m0/s1. The van der Waals surface area contributed by atoms with E-state index in [9.17, 15) is 14.4 Å². The molecule has 0 saturated heterocycles. The van der Waals surface area contributed by atoms with Crippen LogP contribution in [-0.4, -0.2) is 30.1 Å². The summed E-state index contributed by atoms with van der Waals surface area (Å²) in [6.45, 7) is 6.91. The van der Waals surface area contributed by atoms with Crippen molar-refractivity contribution in [1.29, 1.82) is 0 Å². The summed E-state index contributed by atoms with van der Waals surface area (Å²) < 4.78 is 16.3. The SMILES string of the molecule is Cc1cc(=O)oc2cc(O[C@@H](C)C(=O)N[C@@H](Cc3ccccc3)C(=O)OC(C)C)ccc12. The predicted octanol–water partition coefficient (Wildman–Crippen LogP) is 3.55. The molecular weight excluding hydrogens is 410 g/mol. The van der Waals surface area contributed by atoms with Crippen molar-refractivity contribution in [2.75, 3.05) is 0 Å². The molecule has 3 rings (SSSR count). The monoisotopic (exact) mass is 437 g/mol. The van der Waals surface area contributed by atoms with Crippen LogP contribution in [0.3, 0.4) is 0 Å². The van der Waals surface area contributed by atoms with Crippen molar-refractivity contribution in [2.24, 2.45) is 0 Å². The van der Waals surface area contributed by atoms with Gasteiger partial charge in [-0.2, -0.15) is 0 Å². The summed E-state index contributed by atoms with van der Waals surface area (Å²) in [7, 11) is 0. The molecule has 2 atom stereocenters. The minimum atomic E-state index is -0.894. The Labute approximate surface area is 186 Å². The molecule has 2 aromatic carbocycles. The molecule has 0 aliphatic rings. The summed E-state index contributed by atoms with van der Waals surface area (Å²) in [4.78, 5) is 37.0. The third-order valence-electron chi connectivity index (χ3n) is 4.84. The quantitative estimate of drug-likeness (QED) is 0.428. The van der Waals surface area contributed by atoms with E-state index in [-0.39, 0.29) is 6.10 Å². The van der Waals surface area contributed by atoms with Gasteiger partial charge in [-0.25, -0.2) is 9.59 Å². The molecule has 1 amide bonds. The second-order valence-corrected chi connectivity index (χ2v) is 7.90.